The predicted molar refractivity (Wildman–Crippen MR) is 130 cm³/mol. The van der Waals surface area contributed by atoms with Crippen molar-refractivity contribution in [2.45, 2.75) is 53.9 Å². The molecule has 1 aliphatic rings. The zero-order chi connectivity index (χ0) is 21.4. The van der Waals surface area contributed by atoms with Gasteiger partial charge in [0, 0.05) is 11.8 Å². The molecular weight excluding hydrogens is 397 g/mol. The van der Waals surface area contributed by atoms with Crippen LogP contribution in [0, 0.1) is 5.41 Å². The minimum atomic E-state index is -0.194. The molecule has 0 saturated carbocycles. The number of carbonyl (C=O) groups is 1. The Morgan fingerprint density at radius 2 is 1.77 bits per heavy atom. The summed E-state index contributed by atoms with van der Waals surface area (Å²) in [6.07, 6.45) is 15.6. The summed E-state index contributed by atoms with van der Waals surface area (Å²) in [7, 11) is 0. The summed E-state index contributed by atoms with van der Waals surface area (Å²) in [6.45, 7) is 10.9. The van der Waals surface area contributed by atoms with Crippen molar-refractivity contribution in [2.24, 2.45) is 5.41 Å². The predicted octanol–water partition coefficient (Wildman–Crippen LogP) is 6.21. The number of carbonyl (C=O) groups excluding carboxylic acids is 1. The molecule has 0 saturated heterocycles. The summed E-state index contributed by atoms with van der Waals surface area (Å²) in [5.74, 6) is -0.0206. The zero-order valence-electron chi connectivity index (χ0n) is 18.3. The topological polar surface area (TPSA) is 49.3 Å². The zero-order valence-corrected chi connectivity index (χ0v) is 18.3. The first-order valence-corrected chi connectivity index (χ1v) is 10.2. The third kappa shape index (κ3) is 8.90. The van der Waals surface area contributed by atoms with Crippen LogP contribution in [-0.2, 0) is 4.79 Å². The SMILES string of the molecule is CC(C=CC1=C(C)CCCC1(C)C)=CC=CC(C)=CC(=O)Nc1ccc(O)cc1.[KH]. The van der Waals surface area contributed by atoms with E-state index in [-0.39, 0.29) is 68.5 Å². The van der Waals surface area contributed by atoms with Crippen LogP contribution in [0.15, 0.2) is 83.0 Å². The Bertz CT molecular complexity index is 884. The van der Waals surface area contributed by atoms with E-state index in [2.05, 4.69) is 51.2 Å². The number of amides is 1. The molecule has 1 aromatic carbocycles. The maximum atomic E-state index is 12.1. The fraction of sp³-hybridized carbons (Fsp3) is 0.346. The average Bonchev–Trinajstić information content (AvgIpc) is 2.62. The number of anilines is 1. The normalized spacial score (nSPS) is 17.4. The molecule has 0 fully saturated rings. The summed E-state index contributed by atoms with van der Waals surface area (Å²) < 4.78 is 0. The maximum absolute atomic E-state index is 12.1. The number of allylic oxidation sites excluding steroid dienone is 9. The van der Waals surface area contributed by atoms with Crippen molar-refractivity contribution in [1.29, 1.82) is 0 Å². The molecule has 1 aliphatic carbocycles. The minimum absolute atomic E-state index is 0. The first kappa shape index (κ1) is 26.9. The summed E-state index contributed by atoms with van der Waals surface area (Å²) in [5.41, 5.74) is 5.89. The molecule has 0 bridgehead atoms. The van der Waals surface area contributed by atoms with Crippen molar-refractivity contribution in [3.63, 3.8) is 0 Å². The second kappa shape index (κ2) is 12.6. The molecule has 3 nitrogen and oxygen atoms in total. The molecule has 0 radical (unpaired) electrons. The van der Waals surface area contributed by atoms with Crippen LogP contribution in [0.3, 0.4) is 0 Å². The van der Waals surface area contributed by atoms with E-state index >= 15 is 0 Å². The van der Waals surface area contributed by atoms with Gasteiger partial charge in [-0.2, -0.15) is 0 Å². The first-order chi connectivity index (χ1) is 13.7. The number of phenolic OH excluding ortho intramolecular Hbond substituents is 1. The van der Waals surface area contributed by atoms with Crippen molar-refractivity contribution in [3.05, 3.63) is 83.0 Å². The molecule has 0 spiro atoms. The molecule has 4 heteroatoms. The van der Waals surface area contributed by atoms with Crippen LogP contribution >= 0.6 is 0 Å². The van der Waals surface area contributed by atoms with Crippen LogP contribution in [0.4, 0.5) is 5.69 Å². The van der Waals surface area contributed by atoms with Gasteiger partial charge in [-0.15, -0.1) is 0 Å². The van der Waals surface area contributed by atoms with Gasteiger partial charge in [0.2, 0.25) is 5.91 Å². The molecular formula is C26H34KNO2. The molecule has 0 atom stereocenters. The standard InChI is InChI=1S/C26H33NO2.K.H/c1-19(11-16-24-21(3)10-7-17-26(24,4)5)8-6-9-20(2)18-25(29)27-22-12-14-23(28)15-13-22;;/h6,8-9,11-16,18,28H,7,10,17H2,1-5H3,(H,27,29);;. The number of hydrogen-bond donors (Lipinski definition) is 2. The number of aromatic hydroxyl groups is 1. The van der Waals surface area contributed by atoms with E-state index in [1.54, 1.807) is 30.3 Å². The van der Waals surface area contributed by atoms with E-state index in [1.807, 2.05) is 19.1 Å². The van der Waals surface area contributed by atoms with Crippen LogP contribution in [-0.4, -0.2) is 62.4 Å². The van der Waals surface area contributed by atoms with Crippen molar-refractivity contribution >= 4 is 63.0 Å². The fourth-order valence-corrected chi connectivity index (χ4v) is 3.61. The molecule has 2 rings (SSSR count). The molecule has 0 unspecified atom stereocenters. The summed E-state index contributed by atoms with van der Waals surface area (Å²) >= 11 is 0. The van der Waals surface area contributed by atoms with Crippen molar-refractivity contribution < 1.29 is 9.90 Å². The van der Waals surface area contributed by atoms with Gasteiger partial charge in [-0.25, -0.2) is 0 Å². The van der Waals surface area contributed by atoms with Crippen molar-refractivity contribution in [2.75, 3.05) is 5.32 Å². The van der Waals surface area contributed by atoms with E-state index in [4.69, 9.17) is 0 Å². The number of benzene rings is 1. The van der Waals surface area contributed by atoms with E-state index in [0.717, 1.165) is 5.57 Å². The molecule has 0 heterocycles. The van der Waals surface area contributed by atoms with Crippen LogP contribution in [0.5, 0.6) is 5.75 Å². The van der Waals surface area contributed by atoms with E-state index in [9.17, 15) is 9.90 Å². The quantitative estimate of drug-likeness (QED) is 0.243. The van der Waals surface area contributed by atoms with Gasteiger partial charge in [-0.05, 0) is 80.9 Å². The Morgan fingerprint density at radius 1 is 1.10 bits per heavy atom. The van der Waals surface area contributed by atoms with Crippen LogP contribution in [0.2, 0.25) is 0 Å². The molecule has 1 amide bonds. The molecule has 1 aromatic rings. The van der Waals surface area contributed by atoms with Crippen LogP contribution in [0.1, 0.15) is 53.9 Å². The fourth-order valence-electron chi connectivity index (χ4n) is 3.61. The van der Waals surface area contributed by atoms with Crippen molar-refractivity contribution in [1.82, 2.24) is 0 Å². The van der Waals surface area contributed by atoms with Gasteiger partial charge in [0.1, 0.15) is 5.75 Å². The Hall–Kier alpha value is -1.17. The summed E-state index contributed by atoms with van der Waals surface area (Å²) in [5, 5.41) is 12.1. The van der Waals surface area contributed by atoms with Gasteiger partial charge in [0.25, 0.3) is 0 Å². The van der Waals surface area contributed by atoms with Gasteiger partial charge < -0.3 is 10.4 Å². The number of rotatable bonds is 6. The van der Waals surface area contributed by atoms with E-state index in [1.165, 1.54) is 36.0 Å². The Kier molecular flexibility index (Phi) is 11.3. The number of hydrogen-bond acceptors (Lipinski definition) is 2. The summed E-state index contributed by atoms with van der Waals surface area (Å²) in [6, 6.07) is 6.41. The first-order valence-electron chi connectivity index (χ1n) is 10.2. The van der Waals surface area contributed by atoms with Crippen LogP contribution in [0.25, 0.3) is 0 Å². The Balaban J connectivity index is 0.00000450. The average molecular weight is 432 g/mol. The molecule has 0 aliphatic heterocycles. The number of nitrogens with one attached hydrogen (secondary N) is 1. The second-order valence-electron chi connectivity index (χ2n) is 8.46. The molecule has 156 valence electrons. The summed E-state index contributed by atoms with van der Waals surface area (Å²) in [4.78, 5) is 12.1. The van der Waals surface area contributed by atoms with Crippen LogP contribution < -0.4 is 5.32 Å². The Labute approximate surface area is 224 Å². The molecule has 0 aromatic heterocycles. The van der Waals surface area contributed by atoms with E-state index < -0.39 is 0 Å². The third-order valence-corrected chi connectivity index (χ3v) is 5.27. The molecule has 2 N–H and O–H groups in total. The van der Waals surface area contributed by atoms with E-state index in [0.29, 0.717) is 5.69 Å². The number of phenols is 1. The second-order valence-corrected chi connectivity index (χ2v) is 8.46. The van der Waals surface area contributed by atoms with Gasteiger partial charge in [0.05, 0.1) is 0 Å². The van der Waals surface area contributed by atoms with Gasteiger partial charge in [-0.1, -0.05) is 55.4 Å². The Morgan fingerprint density at radius 3 is 2.40 bits per heavy atom. The molecule has 30 heavy (non-hydrogen) atoms. The monoisotopic (exact) mass is 431 g/mol. The van der Waals surface area contributed by atoms with Crippen molar-refractivity contribution in [3.8, 4) is 5.75 Å². The van der Waals surface area contributed by atoms with Gasteiger partial charge in [0.15, 0.2) is 0 Å². The van der Waals surface area contributed by atoms with Gasteiger partial charge >= 0.3 is 51.4 Å². The third-order valence-electron chi connectivity index (χ3n) is 5.27. The van der Waals surface area contributed by atoms with Gasteiger partial charge in [-0.3, -0.25) is 4.79 Å².